The third-order valence-electron chi connectivity index (χ3n) is 3.52. The Bertz CT molecular complexity index is 839. The van der Waals surface area contributed by atoms with Crippen LogP contribution in [0.3, 0.4) is 0 Å². The highest BCUT2D eigenvalue weighted by Crippen LogP contribution is 2.17. The van der Waals surface area contributed by atoms with Gasteiger partial charge in [0.2, 0.25) is 0 Å². The lowest BCUT2D eigenvalue weighted by Gasteiger charge is -2.09. The van der Waals surface area contributed by atoms with Crippen LogP contribution in [0, 0.1) is 11.6 Å². The van der Waals surface area contributed by atoms with Crippen molar-refractivity contribution in [1.82, 2.24) is 9.55 Å². The summed E-state index contributed by atoms with van der Waals surface area (Å²) in [6.45, 7) is 2.18. The van der Waals surface area contributed by atoms with Crippen LogP contribution in [-0.2, 0) is 13.0 Å². The summed E-state index contributed by atoms with van der Waals surface area (Å²) in [6, 6.07) is 5.12. The molecule has 7 heteroatoms. The zero-order valence-electron chi connectivity index (χ0n) is 12.9. The standard InChI is InChI=1S/C17H15F2N3OS/c1-2-11-7-15(16(23)21-17-20-3-4-24-17)22(9-11)10-12-5-13(18)8-14(19)6-12/h3-9H,2,10H2,1H3,(H,20,21,23). The van der Waals surface area contributed by atoms with Crippen LogP contribution in [0.1, 0.15) is 28.5 Å². The molecular formula is C17H15F2N3OS. The Morgan fingerprint density at radius 1 is 1.21 bits per heavy atom. The number of thiazole rings is 1. The zero-order valence-corrected chi connectivity index (χ0v) is 13.7. The van der Waals surface area contributed by atoms with Crippen molar-refractivity contribution in [1.29, 1.82) is 0 Å². The maximum atomic E-state index is 13.4. The smallest absolute Gasteiger partial charge is 0.274 e. The van der Waals surface area contributed by atoms with Crippen molar-refractivity contribution in [3.05, 3.63) is 70.5 Å². The highest BCUT2D eigenvalue weighted by Gasteiger charge is 2.15. The van der Waals surface area contributed by atoms with E-state index in [1.54, 1.807) is 22.2 Å². The number of carbonyl (C=O) groups excluding carboxylic acids is 1. The van der Waals surface area contributed by atoms with Crippen molar-refractivity contribution >= 4 is 22.4 Å². The average Bonchev–Trinajstić information content (AvgIpc) is 3.15. The second-order valence-electron chi connectivity index (χ2n) is 5.28. The summed E-state index contributed by atoms with van der Waals surface area (Å²) >= 11 is 1.32. The number of halogens is 2. The fourth-order valence-electron chi connectivity index (χ4n) is 2.43. The molecule has 0 radical (unpaired) electrons. The summed E-state index contributed by atoms with van der Waals surface area (Å²) in [6.07, 6.45) is 4.17. The van der Waals surface area contributed by atoms with Crippen LogP contribution in [0.5, 0.6) is 0 Å². The van der Waals surface area contributed by atoms with Gasteiger partial charge >= 0.3 is 0 Å². The molecule has 0 aliphatic rings. The van der Waals surface area contributed by atoms with Gasteiger partial charge in [0.15, 0.2) is 5.13 Å². The number of rotatable bonds is 5. The zero-order chi connectivity index (χ0) is 17.1. The van der Waals surface area contributed by atoms with Crippen molar-refractivity contribution in [3.8, 4) is 0 Å². The number of carbonyl (C=O) groups is 1. The molecule has 0 atom stereocenters. The molecule has 0 saturated heterocycles. The molecule has 24 heavy (non-hydrogen) atoms. The summed E-state index contributed by atoms with van der Waals surface area (Å²) in [4.78, 5) is 16.5. The van der Waals surface area contributed by atoms with Gasteiger partial charge in [-0.3, -0.25) is 10.1 Å². The van der Waals surface area contributed by atoms with Gasteiger partial charge < -0.3 is 4.57 Å². The van der Waals surface area contributed by atoms with E-state index in [0.717, 1.165) is 18.1 Å². The minimum atomic E-state index is -0.637. The van der Waals surface area contributed by atoms with Crippen LogP contribution in [0.2, 0.25) is 0 Å². The SMILES string of the molecule is CCc1cc(C(=O)Nc2nccs2)n(Cc2cc(F)cc(F)c2)c1. The minimum Gasteiger partial charge on any atom is -0.339 e. The molecule has 0 aliphatic heterocycles. The normalized spacial score (nSPS) is 10.8. The second-order valence-corrected chi connectivity index (χ2v) is 6.18. The van der Waals surface area contributed by atoms with Gasteiger partial charge in [0.05, 0.1) is 0 Å². The van der Waals surface area contributed by atoms with Crippen LogP contribution in [0.25, 0.3) is 0 Å². The van der Waals surface area contributed by atoms with Crippen molar-refractivity contribution in [2.45, 2.75) is 19.9 Å². The lowest BCUT2D eigenvalue weighted by Crippen LogP contribution is -2.17. The van der Waals surface area contributed by atoms with E-state index in [-0.39, 0.29) is 12.5 Å². The van der Waals surface area contributed by atoms with Crippen molar-refractivity contribution < 1.29 is 13.6 Å². The predicted octanol–water partition coefficient (Wildman–Crippen LogP) is 4.09. The summed E-state index contributed by atoms with van der Waals surface area (Å²) in [5, 5.41) is 4.99. The van der Waals surface area contributed by atoms with E-state index >= 15 is 0 Å². The van der Waals surface area contributed by atoms with Crippen LogP contribution in [0.15, 0.2) is 42.0 Å². The van der Waals surface area contributed by atoms with Gasteiger partial charge in [-0.2, -0.15) is 0 Å². The molecule has 0 spiro atoms. The molecule has 1 aromatic carbocycles. The minimum absolute atomic E-state index is 0.204. The number of hydrogen-bond donors (Lipinski definition) is 1. The molecule has 1 amide bonds. The first-order chi connectivity index (χ1) is 11.5. The largest absolute Gasteiger partial charge is 0.339 e. The molecule has 124 valence electrons. The van der Waals surface area contributed by atoms with E-state index in [2.05, 4.69) is 10.3 Å². The molecule has 3 aromatic rings. The molecule has 2 aromatic heterocycles. The Hall–Kier alpha value is -2.54. The number of hydrogen-bond acceptors (Lipinski definition) is 3. The maximum Gasteiger partial charge on any atom is 0.274 e. The third-order valence-corrected chi connectivity index (χ3v) is 4.21. The maximum absolute atomic E-state index is 13.4. The van der Waals surface area contributed by atoms with Gasteiger partial charge in [-0.05, 0) is 35.7 Å². The molecule has 0 saturated carbocycles. The highest BCUT2D eigenvalue weighted by atomic mass is 32.1. The Morgan fingerprint density at radius 3 is 2.58 bits per heavy atom. The van der Waals surface area contributed by atoms with Gasteiger partial charge in [-0.15, -0.1) is 11.3 Å². The van der Waals surface area contributed by atoms with E-state index in [0.29, 0.717) is 16.4 Å². The molecule has 4 nitrogen and oxygen atoms in total. The van der Waals surface area contributed by atoms with E-state index in [9.17, 15) is 13.6 Å². The van der Waals surface area contributed by atoms with Crippen LogP contribution in [-0.4, -0.2) is 15.5 Å². The Kier molecular flexibility index (Phi) is 4.71. The quantitative estimate of drug-likeness (QED) is 0.756. The van der Waals surface area contributed by atoms with E-state index < -0.39 is 11.6 Å². The number of anilines is 1. The fourth-order valence-corrected chi connectivity index (χ4v) is 2.95. The number of amides is 1. The summed E-state index contributed by atoms with van der Waals surface area (Å²) in [5.74, 6) is -1.58. The molecule has 0 unspecified atom stereocenters. The van der Waals surface area contributed by atoms with Crippen LogP contribution in [0.4, 0.5) is 13.9 Å². The molecular weight excluding hydrogens is 332 g/mol. The molecule has 0 bridgehead atoms. The molecule has 0 fully saturated rings. The van der Waals surface area contributed by atoms with E-state index in [4.69, 9.17) is 0 Å². The fraction of sp³-hybridized carbons (Fsp3) is 0.176. The number of nitrogens with zero attached hydrogens (tertiary/aromatic N) is 2. The summed E-state index contributed by atoms with van der Waals surface area (Å²) in [7, 11) is 0. The van der Waals surface area contributed by atoms with Crippen LogP contribution >= 0.6 is 11.3 Å². The number of aromatic nitrogens is 2. The number of nitrogens with one attached hydrogen (secondary N) is 1. The summed E-state index contributed by atoms with van der Waals surface area (Å²) < 4.78 is 28.4. The Balaban J connectivity index is 1.89. The monoisotopic (exact) mass is 347 g/mol. The van der Waals surface area contributed by atoms with E-state index in [1.807, 2.05) is 13.1 Å². The third kappa shape index (κ3) is 3.68. The topological polar surface area (TPSA) is 46.9 Å². The first kappa shape index (κ1) is 16.3. The predicted molar refractivity (Wildman–Crippen MR) is 89.3 cm³/mol. The van der Waals surface area contributed by atoms with Gasteiger partial charge in [-0.1, -0.05) is 6.92 Å². The average molecular weight is 347 g/mol. The molecule has 0 aliphatic carbocycles. The lowest BCUT2D eigenvalue weighted by molar-refractivity contribution is 0.101. The van der Waals surface area contributed by atoms with Gasteiger partial charge in [-0.25, -0.2) is 13.8 Å². The number of aryl methyl sites for hydroxylation is 1. The first-order valence-electron chi connectivity index (χ1n) is 7.40. The molecule has 1 N–H and O–H groups in total. The van der Waals surface area contributed by atoms with Crippen molar-refractivity contribution in [2.24, 2.45) is 0 Å². The van der Waals surface area contributed by atoms with Crippen molar-refractivity contribution in [3.63, 3.8) is 0 Å². The van der Waals surface area contributed by atoms with Gasteiger partial charge in [0, 0.05) is 30.4 Å². The lowest BCUT2D eigenvalue weighted by atomic mass is 10.2. The molecule has 3 rings (SSSR count). The first-order valence-corrected chi connectivity index (χ1v) is 8.28. The highest BCUT2D eigenvalue weighted by molar-refractivity contribution is 7.13. The number of benzene rings is 1. The van der Waals surface area contributed by atoms with Crippen LogP contribution < -0.4 is 5.32 Å². The van der Waals surface area contributed by atoms with Gasteiger partial charge in [0.25, 0.3) is 5.91 Å². The second kappa shape index (κ2) is 6.92. The Morgan fingerprint density at radius 2 is 1.96 bits per heavy atom. The van der Waals surface area contributed by atoms with Crippen molar-refractivity contribution in [2.75, 3.05) is 5.32 Å². The van der Waals surface area contributed by atoms with Gasteiger partial charge in [0.1, 0.15) is 17.3 Å². The Labute approximate surface area is 141 Å². The molecule has 2 heterocycles. The summed E-state index contributed by atoms with van der Waals surface area (Å²) in [5.41, 5.74) is 1.84. The van der Waals surface area contributed by atoms with E-state index in [1.165, 1.54) is 23.5 Å².